The Kier molecular flexibility index (Phi) is 2.42. The van der Waals surface area contributed by atoms with Gasteiger partial charge in [-0.3, -0.25) is 0 Å². The lowest BCUT2D eigenvalue weighted by molar-refractivity contribution is 0.314. The summed E-state index contributed by atoms with van der Waals surface area (Å²) in [6, 6.07) is 0. The first-order valence-corrected chi connectivity index (χ1v) is 3.78. The summed E-state index contributed by atoms with van der Waals surface area (Å²) in [5, 5.41) is 6.99. The fourth-order valence-corrected chi connectivity index (χ4v) is 0.769. The lowest BCUT2D eigenvalue weighted by Gasteiger charge is -1.75. The molecule has 3 heterocycles. The molecule has 0 aromatic carbocycles. The third-order valence-electron chi connectivity index (χ3n) is 1.34. The second-order valence-electron chi connectivity index (χ2n) is 2.26. The summed E-state index contributed by atoms with van der Waals surface area (Å²) in [6.07, 6.45) is 8.02. The van der Waals surface area contributed by atoms with Crippen molar-refractivity contribution in [3.05, 3.63) is 31.2 Å². The number of H-pyrrole nitrogens is 1. The van der Waals surface area contributed by atoms with E-state index < -0.39 is 0 Å². The van der Waals surface area contributed by atoms with E-state index in [4.69, 9.17) is 0 Å². The zero-order valence-electron chi connectivity index (χ0n) is 7.03. The van der Waals surface area contributed by atoms with E-state index >= 15 is 0 Å². The molecule has 1 N–H and O–H groups in total. The molecule has 0 saturated heterocycles. The first-order valence-electron chi connectivity index (χ1n) is 3.78. The average molecular weight is 190 g/mol. The molecule has 0 saturated carbocycles. The predicted octanol–water partition coefficient (Wildman–Crippen LogP) is 0.422. The van der Waals surface area contributed by atoms with Crippen molar-refractivity contribution in [3.8, 4) is 0 Å². The molecular formula is C7H6N6O. The number of rotatable bonds is 0. The van der Waals surface area contributed by atoms with Crippen LogP contribution < -0.4 is 0 Å². The minimum Gasteiger partial charge on any atom is -0.351 e. The zero-order valence-corrected chi connectivity index (χ0v) is 7.03. The fraction of sp³-hybridized carbons (Fsp3) is 0. The van der Waals surface area contributed by atoms with Crippen LogP contribution in [0.3, 0.4) is 0 Å². The van der Waals surface area contributed by atoms with E-state index in [-0.39, 0.29) is 0 Å². The van der Waals surface area contributed by atoms with Crippen LogP contribution in [0.25, 0.3) is 11.2 Å². The molecule has 0 amide bonds. The highest BCUT2D eigenvalue weighted by Gasteiger charge is 1.96. The van der Waals surface area contributed by atoms with Crippen molar-refractivity contribution in [2.24, 2.45) is 0 Å². The Morgan fingerprint density at radius 3 is 2.86 bits per heavy atom. The number of hydrogen-bond acceptors (Lipinski definition) is 6. The Hall–Kier alpha value is -2.31. The van der Waals surface area contributed by atoms with E-state index in [1.165, 1.54) is 6.33 Å². The Bertz CT molecular complexity index is 428. The number of hydrogen-bond donors (Lipinski definition) is 1. The number of nitrogens with one attached hydrogen (secondary N) is 1. The molecule has 7 nitrogen and oxygen atoms in total. The molecule has 0 atom stereocenters. The van der Waals surface area contributed by atoms with Crippen LogP contribution in [0.5, 0.6) is 0 Å². The number of aromatic amines is 1. The highest BCUT2D eigenvalue weighted by atomic mass is 16.6. The third-order valence-corrected chi connectivity index (χ3v) is 1.34. The highest BCUT2D eigenvalue weighted by Crippen LogP contribution is 1.99. The molecule has 7 heteroatoms. The van der Waals surface area contributed by atoms with Crippen molar-refractivity contribution < 1.29 is 4.63 Å². The summed E-state index contributed by atoms with van der Waals surface area (Å²) in [4.78, 5) is 13.9. The van der Waals surface area contributed by atoms with Crippen LogP contribution in [0.15, 0.2) is 35.9 Å². The van der Waals surface area contributed by atoms with Gasteiger partial charge >= 0.3 is 0 Å². The van der Waals surface area contributed by atoms with Gasteiger partial charge in [0.25, 0.3) is 0 Å². The Morgan fingerprint density at radius 1 is 1.21 bits per heavy atom. The average Bonchev–Trinajstić information content (AvgIpc) is 2.92. The van der Waals surface area contributed by atoms with Crippen molar-refractivity contribution in [1.82, 2.24) is 30.2 Å². The summed E-state index contributed by atoms with van der Waals surface area (Å²) in [5.74, 6) is 0. The Balaban J connectivity index is 0.000000128. The SMILES string of the molecule is c1c[nH]cn1.c1ncc2nonc2n1. The lowest BCUT2D eigenvalue weighted by atomic mass is 10.6. The summed E-state index contributed by atoms with van der Waals surface area (Å²) < 4.78 is 4.36. The molecule has 0 spiro atoms. The van der Waals surface area contributed by atoms with Gasteiger partial charge in [0.15, 0.2) is 5.52 Å². The van der Waals surface area contributed by atoms with E-state index in [0.29, 0.717) is 11.2 Å². The van der Waals surface area contributed by atoms with Crippen LogP contribution in [0.1, 0.15) is 0 Å². The van der Waals surface area contributed by atoms with Crippen molar-refractivity contribution in [3.63, 3.8) is 0 Å². The van der Waals surface area contributed by atoms with Crippen molar-refractivity contribution in [2.45, 2.75) is 0 Å². The minimum atomic E-state index is 0.491. The summed E-state index contributed by atoms with van der Waals surface area (Å²) in [6.45, 7) is 0. The molecule has 0 bridgehead atoms. The molecule has 70 valence electrons. The third kappa shape index (κ3) is 1.89. The number of nitrogens with zero attached hydrogens (tertiary/aromatic N) is 5. The maximum absolute atomic E-state index is 4.36. The van der Waals surface area contributed by atoms with Gasteiger partial charge < -0.3 is 4.98 Å². The van der Waals surface area contributed by atoms with E-state index in [9.17, 15) is 0 Å². The van der Waals surface area contributed by atoms with Crippen molar-refractivity contribution >= 4 is 11.2 Å². The molecular weight excluding hydrogens is 184 g/mol. The fourth-order valence-electron chi connectivity index (χ4n) is 0.769. The maximum atomic E-state index is 4.36. The van der Waals surface area contributed by atoms with Crippen molar-refractivity contribution in [2.75, 3.05) is 0 Å². The van der Waals surface area contributed by atoms with Crippen LogP contribution in [-0.2, 0) is 0 Å². The van der Waals surface area contributed by atoms with Gasteiger partial charge in [-0.15, -0.1) is 0 Å². The second kappa shape index (κ2) is 4.08. The first kappa shape index (κ1) is 8.30. The quantitative estimate of drug-likeness (QED) is 0.552. The van der Waals surface area contributed by atoms with Gasteiger partial charge in [0.2, 0.25) is 5.65 Å². The number of fused-ring (bicyclic) bond motifs is 1. The van der Waals surface area contributed by atoms with Crippen LogP contribution in [0, 0.1) is 0 Å². The standard InChI is InChI=1S/C4H2N4O.C3H4N2/c1-3-4(6-2-5-1)8-9-7-3;1-2-5-3-4-1/h1-2H;1-3H,(H,4,5). The van der Waals surface area contributed by atoms with Crippen molar-refractivity contribution in [1.29, 1.82) is 0 Å². The molecule has 0 aliphatic rings. The smallest absolute Gasteiger partial charge is 0.227 e. The number of aromatic nitrogens is 6. The largest absolute Gasteiger partial charge is 0.351 e. The second-order valence-corrected chi connectivity index (χ2v) is 2.26. The lowest BCUT2D eigenvalue weighted by Crippen LogP contribution is -1.76. The molecule has 3 aromatic rings. The van der Waals surface area contributed by atoms with Gasteiger partial charge in [0.05, 0.1) is 12.5 Å². The van der Waals surface area contributed by atoms with Gasteiger partial charge in [-0.05, 0) is 10.3 Å². The zero-order chi connectivity index (χ0) is 9.64. The molecule has 3 aromatic heterocycles. The van der Waals surface area contributed by atoms with E-state index in [1.54, 1.807) is 24.9 Å². The normalized spacial score (nSPS) is 9.43. The molecule has 0 aliphatic heterocycles. The molecule has 0 aliphatic carbocycles. The molecule has 14 heavy (non-hydrogen) atoms. The number of imidazole rings is 1. The van der Waals surface area contributed by atoms with Crippen LogP contribution in [0.4, 0.5) is 0 Å². The van der Waals surface area contributed by atoms with E-state index in [0.717, 1.165) is 0 Å². The van der Waals surface area contributed by atoms with Gasteiger partial charge in [-0.25, -0.2) is 19.6 Å². The van der Waals surface area contributed by atoms with E-state index in [2.05, 4.69) is 34.9 Å². The van der Waals surface area contributed by atoms with Gasteiger partial charge in [-0.1, -0.05) is 0 Å². The molecule has 0 radical (unpaired) electrons. The van der Waals surface area contributed by atoms with E-state index in [1.807, 2.05) is 0 Å². The topological polar surface area (TPSA) is 93.4 Å². The van der Waals surface area contributed by atoms with Crippen LogP contribution >= 0.6 is 0 Å². The molecule has 3 rings (SSSR count). The van der Waals surface area contributed by atoms with Gasteiger partial charge in [-0.2, -0.15) is 0 Å². The van der Waals surface area contributed by atoms with Crippen LogP contribution in [-0.4, -0.2) is 30.2 Å². The van der Waals surface area contributed by atoms with Crippen LogP contribution in [0.2, 0.25) is 0 Å². The summed E-state index contributed by atoms with van der Waals surface area (Å²) in [5.41, 5.74) is 1.07. The Morgan fingerprint density at radius 2 is 2.21 bits per heavy atom. The predicted molar refractivity (Wildman–Crippen MR) is 46.0 cm³/mol. The minimum absolute atomic E-state index is 0.491. The Labute approximate surface area is 78.2 Å². The molecule has 0 unspecified atom stereocenters. The van der Waals surface area contributed by atoms with Gasteiger partial charge in [0, 0.05) is 12.4 Å². The summed E-state index contributed by atoms with van der Waals surface area (Å²) >= 11 is 0. The molecule has 0 fully saturated rings. The van der Waals surface area contributed by atoms with Gasteiger partial charge in [0.1, 0.15) is 6.33 Å². The first-order chi connectivity index (χ1) is 6.97. The summed E-state index contributed by atoms with van der Waals surface area (Å²) in [7, 11) is 0. The maximum Gasteiger partial charge on any atom is 0.227 e. The highest BCUT2D eigenvalue weighted by molar-refractivity contribution is 5.65. The monoisotopic (exact) mass is 190 g/mol.